The Balaban J connectivity index is 2.27. The quantitative estimate of drug-likeness (QED) is 0.650. The maximum absolute atomic E-state index is 10.8. The van der Waals surface area contributed by atoms with Crippen molar-refractivity contribution in [1.29, 1.82) is 0 Å². The number of benzene rings is 1. The van der Waals surface area contributed by atoms with Crippen LogP contribution in [0.4, 0.5) is 5.69 Å². The van der Waals surface area contributed by atoms with Gasteiger partial charge < -0.3 is 14.5 Å². The number of non-ortho nitro benzene ring substituents is 1. The van der Waals surface area contributed by atoms with Crippen LogP contribution in [0.5, 0.6) is 5.75 Å². The van der Waals surface area contributed by atoms with E-state index in [-0.39, 0.29) is 5.69 Å². The van der Waals surface area contributed by atoms with Crippen molar-refractivity contribution in [3.05, 3.63) is 40.4 Å². The van der Waals surface area contributed by atoms with Gasteiger partial charge in [-0.3, -0.25) is 10.1 Å². The predicted octanol–water partition coefficient (Wildman–Crippen LogP) is 2.76. The second-order valence-electron chi connectivity index (χ2n) is 4.80. The van der Waals surface area contributed by atoms with E-state index >= 15 is 0 Å². The summed E-state index contributed by atoms with van der Waals surface area (Å²) < 4.78 is 10.8. The summed E-state index contributed by atoms with van der Waals surface area (Å²) in [7, 11) is 1.46. The van der Waals surface area contributed by atoms with Crippen LogP contribution in [0.25, 0.3) is 11.3 Å². The fourth-order valence-corrected chi connectivity index (χ4v) is 1.80. The summed E-state index contributed by atoms with van der Waals surface area (Å²) >= 11 is 0. The second-order valence-corrected chi connectivity index (χ2v) is 4.80. The van der Waals surface area contributed by atoms with Gasteiger partial charge in [0.2, 0.25) is 5.89 Å². The van der Waals surface area contributed by atoms with Gasteiger partial charge in [0.25, 0.3) is 5.69 Å². The summed E-state index contributed by atoms with van der Waals surface area (Å²) in [6.07, 6.45) is 1.58. The lowest BCUT2D eigenvalue weighted by molar-refractivity contribution is -0.384. The Hall–Kier alpha value is -2.41. The van der Waals surface area contributed by atoms with Crippen LogP contribution in [0.3, 0.4) is 0 Å². The standard InChI is InChI=1S/C14H17N3O4/c1-9(2)15-8-14-16-7-13(21-14)11-5-4-10(17(18)19)6-12(11)20-3/h4-7,9,15H,8H2,1-3H3. The lowest BCUT2D eigenvalue weighted by Gasteiger charge is -2.06. The van der Waals surface area contributed by atoms with Gasteiger partial charge in [-0.1, -0.05) is 13.8 Å². The van der Waals surface area contributed by atoms with E-state index in [9.17, 15) is 10.1 Å². The van der Waals surface area contributed by atoms with Crippen LogP contribution in [-0.2, 0) is 6.54 Å². The summed E-state index contributed by atoms with van der Waals surface area (Å²) in [5, 5.41) is 14.0. The summed E-state index contributed by atoms with van der Waals surface area (Å²) in [4.78, 5) is 14.5. The van der Waals surface area contributed by atoms with Gasteiger partial charge in [-0.05, 0) is 6.07 Å². The van der Waals surface area contributed by atoms with E-state index in [4.69, 9.17) is 9.15 Å². The van der Waals surface area contributed by atoms with Crippen LogP contribution in [0.1, 0.15) is 19.7 Å². The molecule has 0 radical (unpaired) electrons. The predicted molar refractivity (Wildman–Crippen MR) is 77.1 cm³/mol. The van der Waals surface area contributed by atoms with Crippen molar-refractivity contribution in [3.8, 4) is 17.1 Å². The average molecular weight is 291 g/mol. The van der Waals surface area contributed by atoms with Crippen molar-refractivity contribution in [3.63, 3.8) is 0 Å². The minimum Gasteiger partial charge on any atom is -0.496 e. The van der Waals surface area contributed by atoms with Gasteiger partial charge in [0, 0.05) is 12.1 Å². The van der Waals surface area contributed by atoms with Crippen LogP contribution < -0.4 is 10.1 Å². The Kier molecular flexibility index (Phi) is 4.54. The smallest absolute Gasteiger partial charge is 0.273 e. The van der Waals surface area contributed by atoms with E-state index in [2.05, 4.69) is 10.3 Å². The number of nitrogens with zero attached hydrogens (tertiary/aromatic N) is 2. The van der Waals surface area contributed by atoms with Crippen LogP contribution >= 0.6 is 0 Å². The number of nitro benzene ring substituents is 1. The number of aromatic nitrogens is 1. The first-order valence-corrected chi connectivity index (χ1v) is 6.52. The molecule has 0 aliphatic heterocycles. The Morgan fingerprint density at radius 2 is 2.24 bits per heavy atom. The highest BCUT2D eigenvalue weighted by atomic mass is 16.6. The number of nitro groups is 1. The molecule has 0 bridgehead atoms. The topological polar surface area (TPSA) is 90.4 Å². The second kappa shape index (κ2) is 6.36. The van der Waals surface area contributed by atoms with Crippen molar-refractivity contribution in [2.45, 2.75) is 26.4 Å². The number of rotatable bonds is 6. The molecule has 1 N–H and O–H groups in total. The van der Waals surface area contributed by atoms with Gasteiger partial charge in [-0.2, -0.15) is 0 Å². The lowest BCUT2D eigenvalue weighted by Crippen LogP contribution is -2.21. The molecule has 7 nitrogen and oxygen atoms in total. The zero-order chi connectivity index (χ0) is 15.4. The van der Waals surface area contributed by atoms with Crippen LogP contribution in [0.15, 0.2) is 28.8 Å². The average Bonchev–Trinajstić information content (AvgIpc) is 2.93. The number of hydrogen-bond acceptors (Lipinski definition) is 6. The molecule has 0 fully saturated rings. The maximum atomic E-state index is 10.8. The third kappa shape index (κ3) is 3.57. The minimum absolute atomic E-state index is 0.0307. The van der Waals surface area contributed by atoms with Gasteiger partial charge in [0.15, 0.2) is 5.76 Å². The van der Waals surface area contributed by atoms with Gasteiger partial charge in [-0.15, -0.1) is 0 Å². The lowest BCUT2D eigenvalue weighted by atomic mass is 10.1. The monoisotopic (exact) mass is 291 g/mol. The van der Waals surface area contributed by atoms with Crippen molar-refractivity contribution in [2.75, 3.05) is 7.11 Å². The molecule has 0 spiro atoms. The van der Waals surface area contributed by atoms with E-state index in [1.807, 2.05) is 13.8 Å². The molecule has 21 heavy (non-hydrogen) atoms. The highest BCUT2D eigenvalue weighted by molar-refractivity contribution is 5.67. The molecular formula is C14H17N3O4. The molecule has 0 aliphatic carbocycles. The van der Waals surface area contributed by atoms with Gasteiger partial charge >= 0.3 is 0 Å². The van der Waals surface area contributed by atoms with Gasteiger partial charge in [0.05, 0.1) is 36.4 Å². The number of oxazole rings is 1. The molecule has 0 atom stereocenters. The van der Waals surface area contributed by atoms with Crippen molar-refractivity contribution >= 4 is 5.69 Å². The molecule has 1 heterocycles. The van der Waals surface area contributed by atoms with E-state index in [0.29, 0.717) is 35.6 Å². The summed E-state index contributed by atoms with van der Waals surface area (Å²) in [6, 6.07) is 4.70. The molecule has 0 saturated carbocycles. The first kappa shape index (κ1) is 15.0. The molecule has 112 valence electrons. The third-order valence-electron chi connectivity index (χ3n) is 2.88. The molecule has 0 aliphatic rings. The maximum Gasteiger partial charge on any atom is 0.273 e. The molecule has 0 unspecified atom stereocenters. The fourth-order valence-electron chi connectivity index (χ4n) is 1.80. The van der Waals surface area contributed by atoms with Crippen molar-refractivity contribution in [2.24, 2.45) is 0 Å². The molecule has 0 amide bonds. The number of nitrogens with one attached hydrogen (secondary N) is 1. The van der Waals surface area contributed by atoms with Crippen LogP contribution in [0, 0.1) is 10.1 Å². The normalized spacial score (nSPS) is 10.9. The summed E-state index contributed by atoms with van der Waals surface area (Å²) in [5.41, 5.74) is 0.600. The highest BCUT2D eigenvalue weighted by Gasteiger charge is 2.16. The van der Waals surface area contributed by atoms with E-state index < -0.39 is 4.92 Å². The Bertz CT molecular complexity index is 637. The van der Waals surface area contributed by atoms with Gasteiger partial charge in [-0.25, -0.2) is 4.98 Å². The van der Waals surface area contributed by atoms with Crippen LogP contribution in [0.2, 0.25) is 0 Å². The van der Waals surface area contributed by atoms with Crippen LogP contribution in [-0.4, -0.2) is 23.1 Å². The molecule has 2 rings (SSSR count). The molecule has 0 saturated heterocycles. The van der Waals surface area contributed by atoms with E-state index in [0.717, 1.165) is 0 Å². The first-order chi connectivity index (χ1) is 10.0. The highest BCUT2D eigenvalue weighted by Crippen LogP contribution is 2.33. The first-order valence-electron chi connectivity index (χ1n) is 6.52. The zero-order valence-corrected chi connectivity index (χ0v) is 12.1. The molecule has 1 aromatic carbocycles. The molecule has 7 heteroatoms. The van der Waals surface area contributed by atoms with Crippen molar-refractivity contribution < 1.29 is 14.1 Å². The SMILES string of the molecule is COc1cc([N+](=O)[O-])ccc1-c1cnc(CNC(C)C)o1. The largest absolute Gasteiger partial charge is 0.496 e. The number of ether oxygens (including phenoxy) is 1. The molecular weight excluding hydrogens is 274 g/mol. The molecule has 1 aromatic heterocycles. The Morgan fingerprint density at radius 1 is 1.48 bits per heavy atom. The fraction of sp³-hybridized carbons (Fsp3) is 0.357. The zero-order valence-electron chi connectivity index (χ0n) is 12.1. The van der Waals surface area contributed by atoms with E-state index in [1.54, 1.807) is 12.3 Å². The minimum atomic E-state index is -0.468. The summed E-state index contributed by atoms with van der Waals surface area (Å²) in [6.45, 7) is 4.58. The molecule has 2 aromatic rings. The number of hydrogen-bond donors (Lipinski definition) is 1. The summed E-state index contributed by atoms with van der Waals surface area (Å²) in [5.74, 6) is 1.45. The van der Waals surface area contributed by atoms with Gasteiger partial charge in [0.1, 0.15) is 5.75 Å². The number of methoxy groups -OCH3 is 1. The van der Waals surface area contributed by atoms with Crippen molar-refractivity contribution in [1.82, 2.24) is 10.3 Å². The Morgan fingerprint density at radius 3 is 2.86 bits per heavy atom. The Labute approximate surface area is 122 Å². The van der Waals surface area contributed by atoms with E-state index in [1.165, 1.54) is 19.2 Å². The third-order valence-corrected chi connectivity index (χ3v) is 2.88.